The lowest BCUT2D eigenvalue weighted by molar-refractivity contribution is 0.488. The molecule has 0 saturated heterocycles. The molecule has 4 nitrogen and oxygen atoms in total. The van der Waals surface area contributed by atoms with Crippen LogP contribution in [0.25, 0.3) is 0 Å². The monoisotopic (exact) mass is 308 g/mol. The van der Waals surface area contributed by atoms with Crippen LogP contribution in [-0.4, -0.2) is 45.4 Å². The number of rotatable bonds is 7. The van der Waals surface area contributed by atoms with Crippen molar-refractivity contribution in [2.75, 3.05) is 32.6 Å². The molecule has 1 N–H and O–H groups in total. The fourth-order valence-corrected chi connectivity index (χ4v) is 4.91. The molecule has 104 valence electrons. The van der Waals surface area contributed by atoms with Gasteiger partial charge < -0.3 is 5.32 Å². The number of thioether (sulfide) groups is 1. The van der Waals surface area contributed by atoms with Crippen LogP contribution in [0.2, 0.25) is 0 Å². The Labute approximate surface area is 118 Å². The van der Waals surface area contributed by atoms with Crippen LogP contribution >= 0.6 is 23.1 Å². The smallest absolute Gasteiger partial charge is 0.243 e. The van der Waals surface area contributed by atoms with E-state index >= 15 is 0 Å². The van der Waals surface area contributed by atoms with E-state index in [0.29, 0.717) is 18.0 Å². The maximum atomic E-state index is 12.4. The molecule has 18 heavy (non-hydrogen) atoms. The van der Waals surface area contributed by atoms with Gasteiger partial charge in [0.2, 0.25) is 10.0 Å². The third kappa shape index (κ3) is 3.71. The Morgan fingerprint density at radius 3 is 2.72 bits per heavy atom. The Balaban J connectivity index is 2.97. The third-order valence-electron chi connectivity index (χ3n) is 2.57. The van der Waals surface area contributed by atoms with Crippen LogP contribution in [0.5, 0.6) is 0 Å². The molecule has 0 fully saturated rings. The van der Waals surface area contributed by atoms with Crippen molar-refractivity contribution in [2.45, 2.75) is 18.4 Å². The van der Waals surface area contributed by atoms with Gasteiger partial charge >= 0.3 is 0 Å². The summed E-state index contributed by atoms with van der Waals surface area (Å²) in [5.41, 5.74) is 0. The third-order valence-corrected chi connectivity index (χ3v) is 6.33. The minimum atomic E-state index is -3.34. The van der Waals surface area contributed by atoms with E-state index in [2.05, 4.69) is 5.32 Å². The molecule has 0 aliphatic heterocycles. The van der Waals surface area contributed by atoms with E-state index in [1.807, 2.05) is 20.2 Å². The van der Waals surface area contributed by atoms with Crippen molar-refractivity contribution in [2.24, 2.45) is 0 Å². The van der Waals surface area contributed by atoms with Gasteiger partial charge in [-0.05, 0) is 26.3 Å². The maximum Gasteiger partial charge on any atom is 0.243 e. The van der Waals surface area contributed by atoms with E-state index in [1.54, 1.807) is 24.9 Å². The van der Waals surface area contributed by atoms with Gasteiger partial charge in [0.1, 0.15) is 0 Å². The van der Waals surface area contributed by atoms with Crippen molar-refractivity contribution in [1.82, 2.24) is 9.62 Å². The summed E-state index contributed by atoms with van der Waals surface area (Å²) in [7, 11) is 0.158. The summed E-state index contributed by atoms with van der Waals surface area (Å²) in [6.07, 6.45) is 1.97. The highest BCUT2D eigenvalue weighted by Crippen LogP contribution is 2.27. The zero-order valence-electron chi connectivity index (χ0n) is 11.2. The number of nitrogens with one attached hydrogen (secondary N) is 1. The Morgan fingerprint density at radius 2 is 2.17 bits per heavy atom. The van der Waals surface area contributed by atoms with Crippen LogP contribution in [0.4, 0.5) is 0 Å². The van der Waals surface area contributed by atoms with Crippen LogP contribution in [0.15, 0.2) is 11.0 Å². The molecule has 1 heterocycles. The lowest BCUT2D eigenvalue weighted by atomic mass is 10.4. The fraction of sp³-hybridized carbons (Fsp3) is 0.636. The van der Waals surface area contributed by atoms with E-state index in [1.165, 1.54) is 15.6 Å². The molecule has 0 aromatic carbocycles. The average Bonchev–Trinajstić information content (AvgIpc) is 2.68. The van der Waals surface area contributed by atoms with Crippen LogP contribution in [0.1, 0.15) is 9.75 Å². The van der Waals surface area contributed by atoms with Crippen molar-refractivity contribution in [1.29, 1.82) is 0 Å². The van der Waals surface area contributed by atoms with Crippen molar-refractivity contribution >= 4 is 33.1 Å². The predicted octanol–water partition coefficient (Wildman–Crippen LogP) is 1.76. The highest BCUT2D eigenvalue weighted by atomic mass is 32.2. The first-order valence-corrected chi connectivity index (χ1v) is 9.27. The van der Waals surface area contributed by atoms with Crippen LogP contribution in [0, 0.1) is 6.92 Å². The summed E-state index contributed by atoms with van der Waals surface area (Å²) in [6.45, 7) is 3.11. The molecule has 0 aliphatic rings. The zero-order valence-corrected chi connectivity index (χ0v) is 13.6. The number of nitrogens with zero attached hydrogens (tertiary/aromatic N) is 1. The van der Waals surface area contributed by atoms with E-state index < -0.39 is 10.0 Å². The number of hydrogen-bond donors (Lipinski definition) is 1. The molecule has 0 atom stereocenters. The SMILES string of the molecule is CNCc1cc(S(=O)(=O)N(C)CCSC)c(C)s1. The van der Waals surface area contributed by atoms with Crippen LogP contribution < -0.4 is 5.32 Å². The number of thiophene rings is 1. The predicted molar refractivity (Wildman–Crippen MR) is 80.0 cm³/mol. The summed E-state index contributed by atoms with van der Waals surface area (Å²) in [5, 5.41) is 3.04. The number of hydrogen-bond acceptors (Lipinski definition) is 5. The molecule has 0 bridgehead atoms. The summed E-state index contributed by atoms with van der Waals surface area (Å²) in [6, 6.07) is 1.78. The summed E-state index contributed by atoms with van der Waals surface area (Å²) in [4.78, 5) is 2.35. The minimum Gasteiger partial charge on any atom is -0.315 e. The minimum absolute atomic E-state index is 0.446. The first kappa shape index (κ1) is 16.0. The van der Waals surface area contributed by atoms with Gasteiger partial charge in [-0.15, -0.1) is 11.3 Å². The zero-order chi connectivity index (χ0) is 13.8. The molecule has 1 aromatic heterocycles. The Kier molecular flexibility index (Phi) is 6.13. The van der Waals surface area contributed by atoms with Gasteiger partial charge in [0.15, 0.2) is 0 Å². The quantitative estimate of drug-likeness (QED) is 0.834. The lowest BCUT2D eigenvalue weighted by Crippen LogP contribution is -2.29. The van der Waals surface area contributed by atoms with Crippen molar-refractivity contribution in [3.05, 3.63) is 15.8 Å². The normalized spacial score (nSPS) is 12.3. The van der Waals surface area contributed by atoms with Gasteiger partial charge in [0, 0.05) is 35.6 Å². The highest BCUT2D eigenvalue weighted by Gasteiger charge is 2.24. The summed E-state index contributed by atoms with van der Waals surface area (Å²) < 4.78 is 26.2. The molecule has 1 rings (SSSR count). The van der Waals surface area contributed by atoms with E-state index in [9.17, 15) is 8.42 Å². The molecule has 7 heteroatoms. The van der Waals surface area contributed by atoms with Gasteiger partial charge in [-0.2, -0.15) is 11.8 Å². The molecular formula is C11H20N2O2S3. The fourth-order valence-electron chi connectivity index (χ4n) is 1.55. The lowest BCUT2D eigenvalue weighted by Gasteiger charge is -2.16. The first-order valence-electron chi connectivity index (χ1n) is 5.62. The maximum absolute atomic E-state index is 12.4. The molecular weight excluding hydrogens is 288 g/mol. The molecule has 0 unspecified atom stereocenters. The van der Waals surface area contributed by atoms with Crippen LogP contribution in [0.3, 0.4) is 0 Å². The Hall–Kier alpha value is -0.0800. The topological polar surface area (TPSA) is 49.4 Å². The van der Waals surface area contributed by atoms with Gasteiger partial charge in [0.25, 0.3) is 0 Å². The van der Waals surface area contributed by atoms with Crippen molar-refractivity contribution in [3.8, 4) is 0 Å². The van der Waals surface area contributed by atoms with Crippen molar-refractivity contribution < 1.29 is 8.42 Å². The molecule has 0 saturated carbocycles. The van der Waals surface area contributed by atoms with E-state index in [0.717, 1.165) is 15.5 Å². The first-order chi connectivity index (χ1) is 8.43. The second-order valence-corrected chi connectivity index (χ2v) is 8.32. The Morgan fingerprint density at radius 1 is 1.50 bits per heavy atom. The second-order valence-electron chi connectivity index (χ2n) is 3.98. The molecule has 0 amide bonds. The van der Waals surface area contributed by atoms with Crippen molar-refractivity contribution in [3.63, 3.8) is 0 Å². The standard InChI is InChI=1S/C11H20N2O2S3/c1-9-11(7-10(17-9)8-12-2)18(14,15)13(3)5-6-16-4/h7,12H,5-6,8H2,1-4H3. The summed E-state index contributed by atoms with van der Waals surface area (Å²) >= 11 is 3.18. The largest absolute Gasteiger partial charge is 0.315 e. The van der Waals surface area contributed by atoms with Gasteiger partial charge in [0.05, 0.1) is 4.90 Å². The number of aryl methyl sites for hydroxylation is 1. The van der Waals surface area contributed by atoms with E-state index in [-0.39, 0.29) is 0 Å². The van der Waals surface area contributed by atoms with Gasteiger partial charge in [-0.25, -0.2) is 12.7 Å². The van der Waals surface area contributed by atoms with Gasteiger partial charge in [-0.3, -0.25) is 0 Å². The second kappa shape index (κ2) is 6.91. The molecule has 0 aliphatic carbocycles. The molecule has 0 radical (unpaired) electrons. The van der Waals surface area contributed by atoms with Gasteiger partial charge in [-0.1, -0.05) is 0 Å². The molecule has 0 spiro atoms. The average molecular weight is 308 g/mol. The Bertz CT molecular complexity index is 482. The van der Waals surface area contributed by atoms with E-state index in [4.69, 9.17) is 0 Å². The molecule has 1 aromatic rings. The van der Waals surface area contributed by atoms with Crippen LogP contribution in [-0.2, 0) is 16.6 Å². The highest BCUT2D eigenvalue weighted by molar-refractivity contribution is 7.98. The summed E-state index contributed by atoms with van der Waals surface area (Å²) in [5.74, 6) is 0.808. The number of sulfonamides is 1.